The summed E-state index contributed by atoms with van der Waals surface area (Å²) in [5.41, 5.74) is 6.86. The summed E-state index contributed by atoms with van der Waals surface area (Å²) < 4.78 is 0. The van der Waals surface area contributed by atoms with Crippen molar-refractivity contribution >= 4 is 39.4 Å². The maximum atomic E-state index is 11.9. The van der Waals surface area contributed by atoms with E-state index in [1.165, 1.54) is 16.5 Å². The van der Waals surface area contributed by atoms with Crippen molar-refractivity contribution < 1.29 is 4.79 Å². The minimum absolute atomic E-state index is 0.0378. The first-order valence-electron chi connectivity index (χ1n) is 10.8. The Kier molecular flexibility index (Phi) is 5.18. The van der Waals surface area contributed by atoms with E-state index in [-0.39, 0.29) is 11.8 Å². The lowest BCUT2D eigenvalue weighted by atomic mass is 9.87. The van der Waals surface area contributed by atoms with Gasteiger partial charge in [-0.05, 0) is 54.0 Å². The number of likely N-dealkylation sites (tertiary alicyclic amines) is 1. The van der Waals surface area contributed by atoms with Crippen LogP contribution in [0.3, 0.4) is 0 Å². The van der Waals surface area contributed by atoms with Crippen molar-refractivity contribution in [3.8, 4) is 11.3 Å². The Labute approximate surface area is 186 Å². The number of carbonyl (C=O) groups excluding carboxylic acids is 1. The van der Waals surface area contributed by atoms with Crippen LogP contribution in [0.2, 0.25) is 0 Å². The van der Waals surface area contributed by atoms with Gasteiger partial charge in [-0.1, -0.05) is 19.9 Å². The molecule has 1 aromatic carbocycles. The molecule has 1 aliphatic rings. The van der Waals surface area contributed by atoms with E-state index in [4.69, 9.17) is 11.6 Å². The highest BCUT2D eigenvalue weighted by molar-refractivity contribution is 6.27. The summed E-state index contributed by atoms with van der Waals surface area (Å²) in [5.74, 6) is 0.927. The van der Waals surface area contributed by atoms with Crippen LogP contribution in [-0.2, 0) is 4.79 Å². The average molecular weight is 436 g/mol. The summed E-state index contributed by atoms with van der Waals surface area (Å²) in [6, 6.07) is 8.83. The predicted molar refractivity (Wildman–Crippen MR) is 125 cm³/mol. The van der Waals surface area contributed by atoms with Gasteiger partial charge in [0.15, 0.2) is 5.65 Å². The number of nitrogens with one attached hydrogen (secondary N) is 2. The van der Waals surface area contributed by atoms with Crippen LogP contribution in [0.1, 0.15) is 49.7 Å². The standard InChI is InChI=1S/C24H26ClN5O/c1-14(2)22-18-11-16(15-6-9-30(10-7-15)21(31)12-25)3-4-20(18)28-23(22)17-5-8-26-24-19(17)13-27-29-24/h3-5,8,11,13-15,28H,6-7,9-10,12H2,1-2H3,(H,26,27,29). The highest BCUT2D eigenvalue weighted by atomic mass is 35.5. The maximum absolute atomic E-state index is 11.9. The first kappa shape index (κ1) is 20.1. The molecule has 1 saturated heterocycles. The first-order chi connectivity index (χ1) is 15.1. The molecule has 1 fully saturated rings. The number of hydrogen-bond acceptors (Lipinski definition) is 3. The molecule has 0 aliphatic carbocycles. The molecule has 1 amide bonds. The number of benzene rings is 1. The van der Waals surface area contributed by atoms with Crippen molar-refractivity contribution in [3.63, 3.8) is 0 Å². The largest absolute Gasteiger partial charge is 0.354 e. The predicted octanol–water partition coefficient (Wildman–Crippen LogP) is 5.17. The van der Waals surface area contributed by atoms with Crippen LogP contribution in [0.4, 0.5) is 0 Å². The van der Waals surface area contributed by atoms with Crippen molar-refractivity contribution in [1.82, 2.24) is 25.1 Å². The molecule has 6 nitrogen and oxygen atoms in total. The Morgan fingerprint density at radius 2 is 2.03 bits per heavy atom. The lowest BCUT2D eigenvalue weighted by Gasteiger charge is -2.32. The summed E-state index contributed by atoms with van der Waals surface area (Å²) in [7, 11) is 0. The molecule has 7 heteroatoms. The molecule has 4 aromatic rings. The molecule has 1 aliphatic heterocycles. The monoisotopic (exact) mass is 435 g/mol. The van der Waals surface area contributed by atoms with E-state index in [1.54, 1.807) is 0 Å². The number of aromatic amines is 2. The van der Waals surface area contributed by atoms with Crippen molar-refractivity contribution in [3.05, 3.63) is 47.8 Å². The number of amides is 1. The number of halogens is 1. The fourth-order valence-electron chi connectivity index (χ4n) is 4.91. The third-order valence-corrected chi connectivity index (χ3v) is 6.73. The fourth-order valence-corrected chi connectivity index (χ4v) is 5.08. The fraction of sp³-hybridized carbons (Fsp3) is 0.375. The van der Waals surface area contributed by atoms with Crippen molar-refractivity contribution in [1.29, 1.82) is 0 Å². The van der Waals surface area contributed by atoms with Gasteiger partial charge in [0, 0.05) is 41.1 Å². The third-order valence-electron chi connectivity index (χ3n) is 6.50. The summed E-state index contributed by atoms with van der Waals surface area (Å²) in [6.45, 7) is 6.03. The van der Waals surface area contributed by atoms with Gasteiger partial charge >= 0.3 is 0 Å². The normalized spacial score (nSPS) is 15.4. The minimum Gasteiger partial charge on any atom is -0.354 e. The number of aromatic nitrogens is 4. The molecule has 0 spiro atoms. The second-order valence-corrected chi connectivity index (χ2v) is 8.92. The van der Waals surface area contributed by atoms with Gasteiger partial charge in [-0.25, -0.2) is 4.98 Å². The first-order valence-corrected chi connectivity index (χ1v) is 11.4. The molecule has 160 valence electrons. The highest BCUT2D eigenvalue weighted by Crippen LogP contribution is 2.39. The summed E-state index contributed by atoms with van der Waals surface area (Å²) >= 11 is 5.73. The van der Waals surface area contributed by atoms with E-state index in [2.05, 4.69) is 58.3 Å². The van der Waals surface area contributed by atoms with E-state index in [0.29, 0.717) is 11.8 Å². The van der Waals surface area contributed by atoms with Crippen LogP contribution in [0.25, 0.3) is 33.2 Å². The van der Waals surface area contributed by atoms with Crippen LogP contribution in [0, 0.1) is 0 Å². The van der Waals surface area contributed by atoms with Crippen molar-refractivity contribution in [2.45, 2.75) is 38.5 Å². The number of hydrogen-bond donors (Lipinski definition) is 2. The number of fused-ring (bicyclic) bond motifs is 2. The lowest BCUT2D eigenvalue weighted by molar-refractivity contribution is -0.129. The molecule has 2 N–H and O–H groups in total. The highest BCUT2D eigenvalue weighted by Gasteiger charge is 2.25. The van der Waals surface area contributed by atoms with E-state index < -0.39 is 0 Å². The van der Waals surface area contributed by atoms with Gasteiger partial charge in [0.2, 0.25) is 5.91 Å². The van der Waals surface area contributed by atoms with Gasteiger partial charge in [0.1, 0.15) is 5.88 Å². The maximum Gasteiger partial charge on any atom is 0.237 e. The molecule has 0 atom stereocenters. The van der Waals surface area contributed by atoms with Gasteiger partial charge in [-0.3, -0.25) is 9.89 Å². The van der Waals surface area contributed by atoms with Crippen LogP contribution < -0.4 is 0 Å². The Balaban J connectivity index is 1.55. The van der Waals surface area contributed by atoms with Gasteiger partial charge in [-0.15, -0.1) is 11.6 Å². The van der Waals surface area contributed by atoms with E-state index >= 15 is 0 Å². The van der Waals surface area contributed by atoms with Gasteiger partial charge in [0.25, 0.3) is 0 Å². The number of H-pyrrole nitrogens is 2. The zero-order valence-electron chi connectivity index (χ0n) is 17.8. The van der Waals surface area contributed by atoms with E-state index in [1.807, 2.05) is 17.3 Å². The smallest absolute Gasteiger partial charge is 0.237 e. The van der Waals surface area contributed by atoms with Gasteiger partial charge in [0.05, 0.1) is 11.9 Å². The lowest BCUT2D eigenvalue weighted by Crippen LogP contribution is -2.38. The zero-order chi connectivity index (χ0) is 21.5. The molecular weight excluding hydrogens is 410 g/mol. The van der Waals surface area contributed by atoms with Crippen LogP contribution >= 0.6 is 11.6 Å². The summed E-state index contributed by atoms with van der Waals surface area (Å²) in [4.78, 5) is 21.8. The number of alkyl halides is 1. The molecule has 31 heavy (non-hydrogen) atoms. The number of piperidine rings is 1. The molecule has 0 bridgehead atoms. The topological polar surface area (TPSA) is 77.7 Å². The van der Waals surface area contributed by atoms with Gasteiger partial charge < -0.3 is 9.88 Å². The minimum atomic E-state index is 0.0378. The summed E-state index contributed by atoms with van der Waals surface area (Å²) in [5, 5.41) is 9.44. The SMILES string of the molecule is CC(C)c1c(-c2ccnc3[nH]ncc23)[nH]c2ccc(C3CCN(C(=O)CCl)CC3)cc12. The zero-order valence-corrected chi connectivity index (χ0v) is 18.5. The number of nitrogens with zero attached hydrogens (tertiary/aromatic N) is 3. The number of pyridine rings is 1. The molecule has 0 saturated carbocycles. The van der Waals surface area contributed by atoms with Crippen molar-refractivity contribution in [2.75, 3.05) is 19.0 Å². The van der Waals surface area contributed by atoms with E-state index in [9.17, 15) is 4.79 Å². The molecular formula is C24H26ClN5O. The third kappa shape index (κ3) is 3.49. The summed E-state index contributed by atoms with van der Waals surface area (Å²) in [6.07, 6.45) is 5.62. The second-order valence-electron chi connectivity index (χ2n) is 8.65. The second kappa shape index (κ2) is 8.00. The molecule has 3 aromatic heterocycles. The van der Waals surface area contributed by atoms with Crippen LogP contribution in [0.5, 0.6) is 0 Å². The van der Waals surface area contributed by atoms with E-state index in [0.717, 1.165) is 53.7 Å². The Morgan fingerprint density at radius 3 is 2.77 bits per heavy atom. The molecule has 0 radical (unpaired) electrons. The molecule has 5 rings (SSSR count). The molecule has 4 heterocycles. The number of carbonyl (C=O) groups is 1. The molecule has 0 unspecified atom stereocenters. The Hall–Kier alpha value is -2.86. The van der Waals surface area contributed by atoms with Crippen molar-refractivity contribution in [2.24, 2.45) is 0 Å². The van der Waals surface area contributed by atoms with Crippen LogP contribution in [0.15, 0.2) is 36.7 Å². The van der Waals surface area contributed by atoms with Gasteiger partial charge in [-0.2, -0.15) is 5.10 Å². The quantitative estimate of drug-likeness (QED) is 0.434. The Bertz CT molecular complexity index is 1250. The van der Waals surface area contributed by atoms with Crippen LogP contribution in [-0.4, -0.2) is 49.9 Å². The number of rotatable bonds is 4. The average Bonchev–Trinajstić information content (AvgIpc) is 3.42. The Morgan fingerprint density at radius 1 is 1.23 bits per heavy atom.